The molecule has 0 aromatic rings. The number of phosphoric acid groups is 2. The average Bonchev–Trinajstić information content (AvgIpc) is 2.31. The number of aliphatic hydroxyl groups excluding tert-OH is 5. The van der Waals surface area contributed by atoms with Gasteiger partial charge in [-0.2, -0.15) is 4.31 Å². The predicted molar refractivity (Wildman–Crippen MR) is 67.3 cm³/mol. The van der Waals surface area contributed by atoms with Crippen molar-refractivity contribution >= 4 is 51.2 Å². The van der Waals surface area contributed by atoms with Crippen molar-refractivity contribution in [3.63, 3.8) is 0 Å². The Labute approximate surface area is 145 Å². The van der Waals surface area contributed by atoms with Gasteiger partial charge in [-0.05, 0) is 0 Å². The second-order valence-corrected chi connectivity index (χ2v) is 6.38. The van der Waals surface area contributed by atoms with Gasteiger partial charge in [0.1, 0.15) is 18.3 Å². The molecule has 0 saturated heterocycles. The number of aliphatic hydroxyl groups is 5. The fourth-order valence-electron chi connectivity index (χ4n) is 0.981. The predicted octanol–water partition coefficient (Wildman–Crippen LogP) is -4.47. The number of carbonyl (C=O) groups excluding carboxylic acids is 1. The molecule has 0 aliphatic rings. The van der Waals surface area contributed by atoms with E-state index in [1.165, 1.54) is 0 Å². The summed E-state index contributed by atoms with van der Waals surface area (Å²) in [7, 11) is -11.1. The molecule has 128 valence electrons. The monoisotopic (exact) mass is 380 g/mol. The molecule has 0 radical (unpaired) electrons. The zero-order valence-corrected chi connectivity index (χ0v) is 11.8. The van der Waals surface area contributed by atoms with Crippen LogP contribution >= 0.6 is 15.6 Å². The van der Waals surface area contributed by atoms with E-state index in [-0.39, 0.29) is 29.6 Å². The van der Waals surface area contributed by atoms with Crippen LogP contribution in [0.4, 0.5) is 0 Å². The summed E-state index contributed by atoms with van der Waals surface area (Å²) in [5, 5.41) is 45.1. The molecule has 0 bridgehead atoms. The summed E-state index contributed by atoms with van der Waals surface area (Å²) in [6.07, 6.45) is -9.29. The average molecular weight is 380 g/mol. The number of hydrogen-bond donors (Lipinski definition) is 8. The first-order valence-corrected chi connectivity index (χ1v) is 7.99. The van der Waals surface area contributed by atoms with Gasteiger partial charge in [-0.15, -0.1) is 0 Å². The zero-order valence-electron chi connectivity index (χ0n) is 10.0. The molecule has 0 amide bonds. The Bertz CT molecular complexity index is 450. The third kappa shape index (κ3) is 9.01. The maximum atomic E-state index is 11.1. The zero-order chi connectivity index (χ0) is 17.0. The molecule has 16 heteroatoms. The van der Waals surface area contributed by atoms with Gasteiger partial charge in [0.05, 0.1) is 6.61 Å². The van der Waals surface area contributed by atoms with Crippen LogP contribution in [0.5, 0.6) is 0 Å². The van der Waals surface area contributed by atoms with E-state index in [1.54, 1.807) is 0 Å². The Morgan fingerprint density at radius 3 is 1.82 bits per heavy atom. The molecule has 0 spiro atoms. The van der Waals surface area contributed by atoms with E-state index in [1.807, 2.05) is 0 Å². The Hall–Kier alpha value is 0.570. The minimum absolute atomic E-state index is 0. The molecule has 0 aliphatic carbocycles. The van der Waals surface area contributed by atoms with Gasteiger partial charge in [-0.25, -0.2) is 13.9 Å². The molecule has 13 nitrogen and oxygen atoms in total. The normalized spacial score (nSPS) is 20.0. The summed E-state index contributed by atoms with van der Waals surface area (Å²) in [5.74, 6) is -2.08. The molecule has 0 aliphatic heterocycles. The molecule has 0 rings (SSSR count). The van der Waals surface area contributed by atoms with E-state index >= 15 is 0 Å². The molecule has 0 aromatic carbocycles. The molecule has 1 unspecified atom stereocenters. The summed E-state index contributed by atoms with van der Waals surface area (Å²) < 4.78 is 28.1. The Kier molecular flexibility index (Phi) is 11.0. The van der Waals surface area contributed by atoms with Crippen molar-refractivity contribution in [3.8, 4) is 0 Å². The Balaban J connectivity index is 0. The van der Waals surface area contributed by atoms with Crippen LogP contribution in [0.15, 0.2) is 0 Å². The molecular formula is C6H15NaO13P2. The number of hydrogen-bond acceptors (Lipinski definition) is 10. The Morgan fingerprint density at radius 2 is 1.45 bits per heavy atom. The molecular weight excluding hydrogens is 365 g/mol. The van der Waals surface area contributed by atoms with Crippen LogP contribution in [0.3, 0.4) is 0 Å². The van der Waals surface area contributed by atoms with Crippen LogP contribution in [0, 0.1) is 0 Å². The quantitative estimate of drug-likeness (QED) is 0.147. The van der Waals surface area contributed by atoms with Crippen molar-refractivity contribution < 1.29 is 63.0 Å². The minimum atomic E-state index is -5.60. The first kappa shape index (κ1) is 24.8. The molecule has 0 saturated carbocycles. The van der Waals surface area contributed by atoms with Crippen molar-refractivity contribution in [2.45, 2.75) is 24.4 Å². The first-order valence-electron chi connectivity index (χ1n) is 4.97. The van der Waals surface area contributed by atoms with Crippen LogP contribution < -0.4 is 0 Å². The fourth-order valence-corrected chi connectivity index (χ4v) is 2.52. The van der Waals surface area contributed by atoms with Crippen molar-refractivity contribution in [1.82, 2.24) is 0 Å². The van der Waals surface area contributed by atoms with Gasteiger partial charge < -0.3 is 39.8 Å². The molecule has 0 aromatic heterocycles. The van der Waals surface area contributed by atoms with Gasteiger partial charge in [0.15, 0.2) is 6.10 Å². The van der Waals surface area contributed by atoms with Gasteiger partial charge >= 0.3 is 51.2 Å². The van der Waals surface area contributed by atoms with Gasteiger partial charge in [-0.3, -0.25) is 4.89 Å². The fraction of sp³-hybridized carbons (Fsp3) is 0.833. The van der Waals surface area contributed by atoms with Gasteiger partial charge in [0, 0.05) is 0 Å². The summed E-state index contributed by atoms with van der Waals surface area (Å²) in [4.78, 5) is 36.5. The van der Waals surface area contributed by atoms with E-state index in [0.717, 1.165) is 0 Å². The number of carbonyl (C=O) groups is 1. The summed E-state index contributed by atoms with van der Waals surface area (Å²) in [6, 6.07) is 0. The van der Waals surface area contributed by atoms with Crippen molar-refractivity contribution in [2.75, 3.05) is 6.61 Å². The maximum absolute atomic E-state index is 11.1. The van der Waals surface area contributed by atoms with Crippen LogP contribution in [0.2, 0.25) is 0 Å². The van der Waals surface area contributed by atoms with Crippen LogP contribution in [0.1, 0.15) is 0 Å². The molecule has 0 fully saturated rings. The van der Waals surface area contributed by atoms with Crippen LogP contribution in [-0.4, -0.2) is 107 Å². The molecule has 8 N–H and O–H groups in total. The topological polar surface area (TPSA) is 232 Å². The summed E-state index contributed by atoms with van der Waals surface area (Å²) >= 11 is 0. The van der Waals surface area contributed by atoms with Crippen LogP contribution in [-0.2, 0) is 22.8 Å². The van der Waals surface area contributed by atoms with E-state index in [9.17, 15) is 29.2 Å². The second-order valence-electron chi connectivity index (χ2n) is 3.63. The number of phosphoric ester groups is 1. The SMILES string of the molecule is O=C(OP(=O)(O)OP(=O)(O)O)[C@H](O)[C@@H](O)[C@H](O)[C@H](O)CO.[NaH]. The third-order valence-corrected chi connectivity index (χ3v) is 4.00. The van der Waals surface area contributed by atoms with Crippen molar-refractivity contribution in [2.24, 2.45) is 0 Å². The Morgan fingerprint density at radius 1 is 1.00 bits per heavy atom. The summed E-state index contributed by atoms with van der Waals surface area (Å²) in [6.45, 7) is -1.04. The van der Waals surface area contributed by atoms with Crippen molar-refractivity contribution in [3.05, 3.63) is 0 Å². The number of rotatable bonds is 8. The van der Waals surface area contributed by atoms with E-state index in [4.69, 9.17) is 24.9 Å². The summed E-state index contributed by atoms with van der Waals surface area (Å²) in [5.41, 5.74) is 0. The second kappa shape index (κ2) is 9.77. The molecule has 0 heterocycles. The van der Waals surface area contributed by atoms with E-state index < -0.39 is 52.6 Å². The van der Waals surface area contributed by atoms with Gasteiger partial charge in [-0.1, -0.05) is 0 Å². The van der Waals surface area contributed by atoms with Gasteiger partial charge in [0.2, 0.25) is 0 Å². The van der Waals surface area contributed by atoms with E-state index in [2.05, 4.69) is 8.83 Å². The third-order valence-electron chi connectivity index (χ3n) is 1.91. The molecule has 5 atom stereocenters. The molecule has 22 heavy (non-hydrogen) atoms. The standard InChI is InChI=1S/C6H14O13P2.Na.H/c7-1-2(8)3(9)4(10)5(11)6(12)18-21(16,17)19-20(13,14)15;;/h2-5,7-11H,1H2,(H,16,17)(H2,13,14,15);;/t2-,3-,4+,5-;;/m1../s1. The van der Waals surface area contributed by atoms with Gasteiger partial charge in [0.25, 0.3) is 0 Å². The van der Waals surface area contributed by atoms with Crippen LogP contribution in [0.25, 0.3) is 0 Å². The van der Waals surface area contributed by atoms with Crippen molar-refractivity contribution in [1.29, 1.82) is 0 Å². The first-order chi connectivity index (χ1) is 9.30. The van der Waals surface area contributed by atoms with E-state index in [0.29, 0.717) is 0 Å².